The van der Waals surface area contributed by atoms with Gasteiger partial charge < -0.3 is 10.1 Å². The number of nitrogens with zero attached hydrogens (tertiary/aromatic N) is 1. The Bertz CT molecular complexity index is 1080. The first-order valence-electron chi connectivity index (χ1n) is 10.7. The number of rotatable bonds is 6. The molecule has 1 saturated carbocycles. The molecule has 1 heterocycles. The van der Waals surface area contributed by atoms with Crippen molar-refractivity contribution in [1.82, 2.24) is 4.90 Å². The molecular formula is C25H23ClN2O4. The van der Waals surface area contributed by atoms with Gasteiger partial charge in [-0.3, -0.25) is 19.3 Å². The van der Waals surface area contributed by atoms with Crippen molar-refractivity contribution in [2.75, 3.05) is 12.4 Å². The van der Waals surface area contributed by atoms with E-state index >= 15 is 0 Å². The van der Waals surface area contributed by atoms with Crippen LogP contribution in [0.2, 0.25) is 5.02 Å². The highest BCUT2D eigenvalue weighted by Gasteiger charge is 2.60. The Kier molecular flexibility index (Phi) is 5.25. The van der Waals surface area contributed by atoms with E-state index in [4.69, 9.17) is 16.3 Å². The number of hydrogen-bond acceptors (Lipinski definition) is 4. The molecule has 2 aliphatic carbocycles. The average Bonchev–Trinajstić information content (AvgIpc) is 3.47. The Morgan fingerprint density at radius 2 is 1.75 bits per heavy atom. The summed E-state index contributed by atoms with van der Waals surface area (Å²) in [4.78, 5) is 41.1. The summed E-state index contributed by atoms with van der Waals surface area (Å²) in [6, 6.07) is 13.3. The summed E-state index contributed by atoms with van der Waals surface area (Å²) >= 11 is 6.20. The van der Waals surface area contributed by atoms with Crippen molar-refractivity contribution in [3.8, 4) is 5.75 Å². The highest BCUT2D eigenvalue weighted by Crippen LogP contribution is 2.54. The van der Waals surface area contributed by atoms with Crippen molar-refractivity contribution in [2.45, 2.75) is 18.9 Å². The first-order valence-corrected chi connectivity index (χ1v) is 11.1. The number of carbonyl (C=O) groups is 3. The van der Waals surface area contributed by atoms with E-state index in [1.54, 1.807) is 55.6 Å². The van der Waals surface area contributed by atoms with E-state index in [9.17, 15) is 14.4 Å². The molecular weight excluding hydrogens is 428 g/mol. The highest BCUT2D eigenvalue weighted by molar-refractivity contribution is 6.30. The summed E-state index contributed by atoms with van der Waals surface area (Å²) in [5.74, 6) is -0.383. The lowest BCUT2D eigenvalue weighted by molar-refractivity contribution is -0.144. The first kappa shape index (κ1) is 20.8. The predicted molar refractivity (Wildman–Crippen MR) is 120 cm³/mol. The van der Waals surface area contributed by atoms with E-state index in [1.807, 2.05) is 0 Å². The Labute approximate surface area is 191 Å². The maximum absolute atomic E-state index is 13.4. The molecule has 5 atom stereocenters. The molecule has 0 radical (unpaired) electrons. The molecule has 1 saturated heterocycles. The molecule has 1 aliphatic heterocycles. The number of amides is 3. The zero-order chi connectivity index (χ0) is 22.4. The van der Waals surface area contributed by atoms with Gasteiger partial charge in [0.1, 0.15) is 5.75 Å². The Hall–Kier alpha value is -3.12. The van der Waals surface area contributed by atoms with Gasteiger partial charge in [-0.2, -0.15) is 0 Å². The lowest BCUT2D eigenvalue weighted by Gasteiger charge is -2.28. The second-order valence-corrected chi connectivity index (χ2v) is 9.03. The van der Waals surface area contributed by atoms with Gasteiger partial charge in [0.25, 0.3) is 0 Å². The number of hydrogen-bond donors (Lipinski definition) is 1. The maximum atomic E-state index is 13.4. The van der Waals surface area contributed by atoms with E-state index in [0.717, 1.165) is 6.42 Å². The molecule has 5 rings (SSSR count). The Morgan fingerprint density at radius 3 is 2.34 bits per heavy atom. The number of likely N-dealkylation sites (tertiary alicyclic amines) is 1. The predicted octanol–water partition coefficient (Wildman–Crippen LogP) is 4.23. The minimum absolute atomic E-state index is 0.0496. The van der Waals surface area contributed by atoms with Crippen molar-refractivity contribution >= 4 is 35.0 Å². The summed E-state index contributed by atoms with van der Waals surface area (Å²) in [5.41, 5.74) is 1.28. The van der Waals surface area contributed by atoms with Gasteiger partial charge in [0.15, 0.2) is 0 Å². The number of carbonyl (C=O) groups excluding carboxylic acids is 3. The topological polar surface area (TPSA) is 75.7 Å². The fourth-order valence-corrected chi connectivity index (χ4v) is 5.57. The van der Waals surface area contributed by atoms with E-state index in [1.165, 1.54) is 4.90 Å². The van der Waals surface area contributed by atoms with Gasteiger partial charge in [0, 0.05) is 10.7 Å². The van der Waals surface area contributed by atoms with Crippen LogP contribution in [-0.4, -0.2) is 29.7 Å². The van der Waals surface area contributed by atoms with Crippen LogP contribution in [0.4, 0.5) is 5.69 Å². The van der Waals surface area contributed by atoms with Crippen molar-refractivity contribution < 1.29 is 19.1 Å². The minimum Gasteiger partial charge on any atom is -0.497 e. The van der Waals surface area contributed by atoms with Gasteiger partial charge in [-0.1, -0.05) is 35.9 Å². The first-order chi connectivity index (χ1) is 15.5. The Balaban J connectivity index is 1.42. The second kappa shape index (κ2) is 8.10. The van der Waals surface area contributed by atoms with Crippen LogP contribution in [0.1, 0.15) is 24.4 Å². The zero-order valence-corrected chi connectivity index (χ0v) is 18.3. The number of ether oxygens (including phenoxy) is 1. The normalized spacial score (nSPS) is 26.4. The highest BCUT2D eigenvalue weighted by atomic mass is 35.5. The summed E-state index contributed by atoms with van der Waals surface area (Å²) in [6.45, 7) is 0. The number of imide groups is 1. The van der Waals surface area contributed by atoms with Crippen LogP contribution in [-0.2, 0) is 14.4 Å². The van der Waals surface area contributed by atoms with E-state index < -0.39 is 6.04 Å². The number of methoxy groups -OCH3 is 1. The number of halogens is 1. The largest absolute Gasteiger partial charge is 0.497 e. The van der Waals surface area contributed by atoms with Crippen LogP contribution in [0.5, 0.6) is 5.75 Å². The molecule has 5 unspecified atom stereocenters. The van der Waals surface area contributed by atoms with Crippen LogP contribution >= 0.6 is 11.6 Å². The van der Waals surface area contributed by atoms with Gasteiger partial charge in [0.2, 0.25) is 17.7 Å². The van der Waals surface area contributed by atoms with Crippen molar-refractivity contribution in [1.29, 1.82) is 0 Å². The van der Waals surface area contributed by atoms with Crippen LogP contribution in [0.25, 0.3) is 0 Å². The molecule has 2 fully saturated rings. The van der Waals surface area contributed by atoms with Gasteiger partial charge in [0.05, 0.1) is 31.4 Å². The zero-order valence-electron chi connectivity index (χ0n) is 17.5. The van der Waals surface area contributed by atoms with Crippen molar-refractivity contribution in [3.05, 3.63) is 71.3 Å². The molecule has 3 amide bonds. The molecule has 32 heavy (non-hydrogen) atoms. The number of allylic oxidation sites excluding steroid dienone is 2. The van der Waals surface area contributed by atoms with Crippen LogP contribution in [0, 0.1) is 23.7 Å². The SMILES string of the molecule is COc1ccc(NC(=O)CC(c2cccc(Cl)c2)N2C(=O)C3C4C=CC(C4)C3C2=O)cc1. The average molecular weight is 451 g/mol. The molecule has 0 aromatic heterocycles. The van der Waals surface area contributed by atoms with Crippen molar-refractivity contribution in [3.63, 3.8) is 0 Å². The molecule has 3 aliphatic rings. The lowest BCUT2D eigenvalue weighted by Crippen LogP contribution is -2.38. The molecule has 1 N–H and O–H groups in total. The van der Waals surface area contributed by atoms with Crippen LogP contribution in [0.3, 0.4) is 0 Å². The molecule has 164 valence electrons. The summed E-state index contributed by atoms with van der Waals surface area (Å²) in [6.07, 6.45) is 4.93. The van der Waals surface area contributed by atoms with Gasteiger partial charge in [-0.15, -0.1) is 0 Å². The second-order valence-electron chi connectivity index (χ2n) is 8.60. The molecule has 2 aromatic rings. The van der Waals surface area contributed by atoms with Gasteiger partial charge >= 0.3 is 0 Å². The third-order valence-electron chi connectivity index (χ3n) is 6.80. The Morgan fingerprint density at radius 1 is 1.09 bits per heavy atom. The smallest absolute Gasteiger partial charge is 0.234 e. The van der Waals surface area contributed by atoms with Gasteiger partial charge in [-0.05, 0) is 60.2 Å². The monoisotopic (exact) mass is 450 g/mol. The lowest BCUT2D eigenvalue weighted by atomic mass is 9.85. The number of anilines is 1. The standard InChI is InChI=1S/C25H23ClN2O4/c1-32-19-9-7-18(8-10-19)27-21(29)13-20(14-3-2-4-17(26)12-14)28-24(30)22-15-5-6-16(11-15)23(22)25(28)31/h2-10,12,15-16,20,22-23H,11,13H2,1H3,(H,27,29). The fourth-order valence-electron chi connectivity index (χ4n) is 5.37. The summed E-state index contributed by atoms with van der Waals surface area (Å²) in [7, 11) is 1.57. The third-order valence-corrected chi connectivity index (χ3v) is 7.04. The summed E-state index contributed by atoms with van der Waals surface area (Å²) in [5, 5.41) is 3.34. The molecule has 7 heteroatoms. The quantitative estimate of drug-likeness (QED) is 0.528. The van der Waals surface area contributed by atoms with E-state index in [0.29, 0.717) is 22.0 Å². The van der Waals surface area contributed by atoms with Crippen LogP contribution in [0.15, 0.2) is 60.7 Å². The molecule has 2 bridgehead atoms. The minimum atomic E-state index is -0.711. The number of nitrogens with one attached hydrogen (secondary N) is 1. The van der Waals surface area contributed by atoms with Gasteiger partial charge in [-0.25, -0.2) is 0 Å². The fraction of sp³-hybridized carbons (Fsp3) is 0.320. The third kappa shape index (κ3) is 3.48. The van der Waals surface area contributed by atoms with Crippen molar-refractivity contribution in [2.24, 2.45) is 23.7 Å². The molecule has 2 aromatic carbocycles. The summed E-state index contributed by atoms with van der Waals surface area (Å²) < 4.78 is 5.15. The molecule has 0 spiro atoms. The number of benzene rings is 2. The van der Waals surface area contributed by atoms with E-state index in [2.05, 4.69) is 17.5 Å². The maximum Gasteiger partial charge on any atom is 0.234 e. The molecule has 6 nitrogen and oxygen atoms in total. The van der Waals surface area contributed by atoms with E-state index in [-0.39, 0.29) is 47.8 Å². The number of fused-ring (bicyclic) bond motifs is 5. The van der Waals surface area contributed by atoms with Crippen LogP contribution < -0.4 is 10.1 Å².